The number of pyridine rings is 1. The molecule has 0 spiro atoms. The van der Waals surface area contributed by atoms with Crippen molar-refractivity contribution < 1.29 is 14.3 Å². The Kier molecular flexibility index (Phi) is 8.84. The van der Waals surface area contributed by atoms with E-state index in [9.17, 15) is 10.1 Å². The Balaban J connectivity index is 2.81. The van der Waals surface area contributed by atoms with E-state index in [1.54, 1.807) is 12.3 Å². The van der Waals surface area contributed by atoms with Crippen LogP contribution in [0.5, 0.6) is 0 Å². The van der Waals surface area contributed by atoms with Crippen molar-refractivity contribution in [2.75, 3.05) is 19.8 Å². The van der Waals surface area contributed by atoms with Crippen LogP contribution in [-0.2, 0) is 14.3 Å². The number of hydrogen-bond donors (Lipinski definition) is 1. The zero-order valence-corrected chi connectivity index (χ0v) is 14.9. The lowest BCUT2D eigenvalue weighted by Crippen LogP contribution is -2.23. The van der Waals surface area contributed by atoms with Crippen LogP contribution < -0.4 is 5.32 Å². The third kappa shape index (κ3) is 6.19. The molecular formula is C17H22ClN3O3. The van der Waals surface area contributed by atoms with Crippen molar-refractivity contribution in [3.63, 3.8) is 0 Å². The molecule has 0 radical (unpaired) electrons. The predicted molar refractivity (Wildman–Crippen MR) is 91.2 cm³/mol. The van der Waals surface area contributed by atoms with E-state index in [1.165, 1.54) is 0 Å². The summed E-state index contributed by atoms with van der Waals surface area (Å²) >= 11 is 5.78. The number of halogens is 1. The van der Waals surface area contributed by atoms with E-state index in [-0.39, 0.29) is 18.2 Å². The van der Waals surface area contributed by atoms with Crippen molar-refractivity contribution in [2.24, 2.45) is 0 Å². The number of esters is 1. The Morgan fingerprint density at radius 2 is 2.17 bits per heavy atom. The first-order valence-electron chi connectivity index (χ1n) is 7.79. The Hall–Kier alpha value is -2.10. The molecule has 0 aliphatic rings. The standard InChI is InChI=1S/C17H22ClN3O3/c1-4-15(14(10-19)17(22)24-9-8-23-5-2)21-12(3)13-6-7-16(18)20-11-13/h6-7,11-12,21H,4-5,8-9H2,1-3H3. The van der Waals surface area contributed by atoms with Crippen molar-refractivity contribution in [3.8, 4) is 6.07 Å². The number of hydrogen-bond acceptors (Lipinski definition) is 6. The zero-order valence-electron chi connectivity index (χ0n) is 14.1. The van der Waals surface area contributed by atoms with Crippen molar-refractivity contribution in [1.82, 2.24) is 10.3 Å². The molecule has 1 atom stereocenters. The lowest BCUT2D eigenvalue weighted by Gasteiger charge is -2.18. The predicted octanol–water partition coefficient (Wildman–Crippen LogP) is 3.15. The number of nitrogens with zero attached hydrogens (tertiary/aromatic N) is 2. The van der Waals surface area contributed by atoms with E-state index in [0.29, 0.717) is 30.5 Å². The first-order chi connectivity index (χ1) is 11.5. The molecule has 0 saturated heterocycles. The molecule has 1 unspecified atom stereocenters. The van der Waals surface area contributed by atoms with E-state index in [0.717, 1.165) is 5.56 Å². The first kappa shape index (κ1) is 19.9. The summed E-state index contributed by atoms with van der Waals surface area (Å²) < 4.78 is 10.2. The molecule has 0 aliphatic heterocycles. The molecule has 1 rings (SSSR count). The molecule has 1 aromatic rings. The van der Waals surface area contributed by atoms with Gasteiger partial charge in [0.05, 0.1) is 6.61 Å². The second-order valence-electron chi connectivity index (χ2n) is 4.93. The van der Waals surface area contributed by atoms with Crippen LogP contribution in [0, 0.1) is 11.3 Å². The normalized spacial score (nSPS) is 12.8. The minimum absolute atomic E-state index is 0.0252. The van der Waals surface area contributed by atoms with Gasteiger partial charge in [-0.15, -0.1) is 0 Å². The van der Waals surface area contributed by atoms with Crippen LogP contribution in [0.3, 0.4) is 0 Å². The maximum absolute atomic E-state index is 12.1. The molecule has 0 bridgehead atoms. The summed E-state index contributed by atoms with van der Waals surface area (Å²) in [6, 6.07) is 5.32. The highest BCUT2D eigenvalue weighted by Crippen LogP contribution is 2.17. The Labute approximate surface area is 147 Å². The summed E-state index contributed by atoms with van der Waals surface area (Å²) in [6.45, 7) is 6.60. The lowest BCUT2D eigenvalue weighted by atomic mass is 10.1. The average Bonchev–Trinajstić information content (AvgIpc) is 2.58. The van der Waals surface area contributed by atoms with Gasteiger partial charge in [-0.2, -0.15) is 5.26 Å². The van der Waals surface area contributed by atoms with Crippen LogP contribution in [0.4, 0.5) is 0 Å². The SMILES string of the molecule is CCOCCOC(=O)C(C#N)=C(CC)NC(C)c1ccc(Cl)nc1. The second-order valence-corrected chi connectivity index (χ2v) is 5.32. The summed E-state index contributed by atoms with van der Waals surface area (Å²) in [5, 5.41) is 12.9. The lowest BCUT2D eigenvalue weighted by molar-refractivity contribution is -0.140. The number of nitrogens with one attached hydrogen (secondary N) is 1. The number of ether oxygens (including phenoxy) is 2. The summed E-state index contributed by atoms with van der Waals surface area (Å²) in [5.74, 6) is -0.650. The van der Waals surface area contributed by atoms with Crippen LogP contribution in [-0.4, -0.2) is 30.8 Å². The maximum atomic E-state index is 12.1. The highest BCUT2D eigenvalue weighted by atomic mass is 35.5. The molecule has 24 heavy (non-hydrogen) atoms. The Morgan fingerprint density at radius 3 is 2.71 bits per heavy atom. The molecule has 0 saturated carbocycles. The van der Waals surface area contributed by atoms with Gasteiger partial charge in [0.15, 0.2) is 5.57 Å². The third-order valence-electron chi connectivity index (χ3n) is 3.28. The second kappa shape index (κ2) is 10.6. The summed E-state index contributed by atoms with van der Waals surface area (Å²) in [7, 11) is 0. The van der Waals surface area contributed by atoms with E-state index < -0.39 is 5.97 Å². The zero-order chi connectivity index (χ0) is 17.9. The number of aromatic nitrogens is 1. The van der Waals surface area contributed by atoms with E-state index in [4.69, 9.17) is 21.1 Å². The van der Waals surface area contributed by atoms with Gasteiger partial charge in [-0.05, 0) is 31.9 Å². The molecule has 0 aliphatic carbocycles. The number of rotatable bonds is 9. The largest absolute Gasteiger partial charge is 0.459 e. The highest BCUT2D eigenvalue weighted by Gasteiger charge is 2.18. The van der Waals surface area contributed by atoms with E-state index in [2.05, 4.69) is 10.3 Å². The first-order valence-corrected chi connectivity index (χ1v) is 8.17. The van der Waals surface area contributed by atoms with Crippen molar-refractivity contribution in [3.05, 3.63) is 40.3 Å². The minimum atomic E-state index is -0.650. The molecule has 6 nitrogen and oxygen atoms in total. The van der Waals surface area contributed by atoms with Gasteiger partial charge in [0.2, 0.25) is 0 Å². The Morgan fingerprint density at radius 1 is 1.42 bits per heavy atom. The van der Waals surface area contributed by atoms with Gasteiger partial charge in [0.25, 0.3) is 0 Å². The van der Waals surface area contributed by atoms with Crippen LogP contribution in [0.25, 0.3) is 0 Å². The van der Waals surface area contributed by atoms with Crippen molar-refractivity contribution in [2.45, 2.75) is 33.2 Å². The molecular weight excluding hydrogens is 330 g/mol. The van der Waals surface area contributed by atoms with Crippen LogP contribution in [0.1, 0.15) is 38.8 Å². The quantitative estimate of drug-likeness (QED) is 0.242. The highest BCUT2D eigenvalue weighted by molar-refractivity contribution is 6.29. The monoisotopic (exact) mass is 351 g/mol. The fraction of sp³-hybridized carbons (Fsp3) is 0.471. The molecule has 1 aromatic heterocycles. The minimum Gasteiger partial charge on any atom is -0.459 e. The fourth-order valence-corrected chi connectivity index (χ4v) is 2.10. The number of carbonyl (C=O) groups excluding carboxylic acids is 1. The molecule has 7 heteroatoms. The average molecular weight is 352 g/mol. The van der Waals surface area contributed by atoms with Gasteiger partial charge < -0.3 is 14.8 Å². The molecule has 130 valence electrons. The third-order valence-corrected chi connectivity index (χ3v) is 3.50. The molecule has 1 N–H and O–H groups in total. The molecule has 0 amide bonds. The van der Waals surface area contributed by atoms with Gasteiger partial charge in [-0.1, -0.05) is 24.6 Å². The van der Waals surface area contributed by atoms with Gasteiger partial charge in [-0.25, -0.2) is 9.78 Å². The molecule has 0 aromatic carbocycles. The van der Waals surface area contributed by atoms with Gasteiger partial charge in [-0.3, -0.25) is 0 Å². The number of allylic oxidation sites excluding steroid dienone is 1. The van der Waals surface area contributed by atoms with Crippen molar-refractivity contribution in [1.29, 1.82) is 5.26 Å². The van der Waals surface area contributed by atoms with Crippen LogP contribution in [0.2, 0.25) is 5.15 Å². The maximum Gasteiger partial charge on any atom is 0.350 e. The smallest absolute Gasteiger partial charge is 0.350 e. The van der Waals surface area contributed by atoms with E-state index >= 15 is 0 Å². The van der Waals surface area contributed by atoms with Crippen molar-refractivity contribution >= 4 is 17.6 Å². The number of nitriles is 1. The van der Waals surface area contributed by atoms with E-state index in [1.807, 2.05) is 32.9 Å². The van der Waals surface area contributed by atoms with Crippen LogP contribution in [0.15, 0.2) is 29.6 Å². The topological polar surface area (TPSA) is 84.2 Å². The van der Waals surface area contributed by atoms with Gasteiger partial charge in [0.1, 0.15) is 17.8 Å². The molecule has 1 heterocycles. The van der Waals surface area contributed by atoms with Gasteiger partial charge >= 0.3 is 5.97 Å². The van der Waals surface area contributed by atoms with Gasteiger partial charge in [0, 0.05) is 24.5 Å². The fourth-order valence-electron chi connectivity index (χ4n) is 1.99. The Bertz CT molecular complexity index is 609. The summed E-state index contributed by atoms with van der Waals surface area (Å²) in [5.41, 5.74) is 1.40. The summed E-state index contributed by atoms with van der Waals surface area (Å²) in [6.07, 6.45) is 2.15. The number of carbonyl (C=O) groups is 1. The van der Waals surface area contributed by atoms with Crippen LogP contribution >= 0.6 is 11.6 Å². The molecule has 0 fully saturated rings. The summed E-state index contributed by atoms with van der Waals surface area (Å²) in [4.78, 5) is 16.1.